The molecule has 0 aliphatic rings. The fourth-order valence-electron chi connectivity index (χ4n) is 2.08. The molecule has 2 aromatic carbocycles. The van der Waals surface area contributed by atoms with Gasteiger partial charge in [0.15, 0.2) is 0 Å². The van der Waals surface area contributed by atoms with Gasteiger partial charge >= 0.3 is 0 Å². The fraction of sp³-hybridized carbons (Fsp3) is 0.118. The zero-order valence-corrected chi connectivity index (χ0v) is 14.4. The third-order valence-corrected chi connectivity index (χ3v) is 4.74. The molecule has 8 heteroatoms. The Morgan fingerprint density at radius 2 is 1.64 bits per heavy atom. The summed E-state index contributed by atoms with van der Waals surface area (Å²) in [7, 11) is -3.66. The van der Waals surface area contributed by atoms with Gasteiger partial charge in [-0.25, -0.2) is 8.42 Å². The molecule has 25 heavy (non-hydrogen) atoms. The standard InChI is InChI=1S/C17H17N5O2S/c1-2-22-13-17(12-18-22)25(23,24)21-16-10-8-15(9-11-16)20-19-14-6-4-3-5-7-14/h3-13,21H,2H2,1H3. The summed E-state index contributed by atoms with van der Waals surface area (Å²) < 4.78 is 28.7. The minimum Gasteiger partial charge on any atom is -0.280 e. The zero-order chi connectivity index (χ0) is 17.7. The van der Waals surface area contributed by atoms with Crippen LogP contribution in [0.15, 0.2) is 82.1 Å². The van der Waals surface area contributed by atoms with Crippen molar-refractivity contribution in [3.8, 4) is 0 Å². The Morgan fingerprint density at radius 1 is 1.00 bits per heavy atom. The summed E-state index contributed by atoms with van der Waals surface area (Å²) in [4.78, 5) is 0.127. The molecule has 0 aliphatic heterocycles. The van der Waals surface area contributed by atoms with E-state index in [1.54, 1.807) is 28.9 Å². The Bertz CT molecular complexity index is 964. The smallest absolute Gasteiger partial charge is 0.265 e. The molecule has 0 saturated carbocycles. The van der Waals surface area contributed by atoms with E-state index in [4.69, 9.17) is 0 Å². The summed E-state index contributed by atoms with van der Waals surface area (Å²) >= 11 is 0. The minimum absolute atomic E-state index is 0.127. The summed E-state index contributed by atoms with van der Waals surface area (Å²) in [5.74, 6) is 0. The summed E-state index contributed by atoms with van der Waals surface area (Å²) in [6.45, 7) is 2.50. The predicted octanol–water partition coefficient (Wildman–Crippen LogP) is 4.12. The molecule has 0 spiro atoms. The molecule has 1 N–H and O–H groups in total. The molecule has 0 bridgehead atoms. The lowest BCUT2D eigenvalue weighted by molar-refractivity contribution is 0.600. The van der Waals surface area contributed by atoms with Gasteiger partial charge in [0.2, 0.25) is 0 Å². The van der Waals surface area contributed by atoms with Crippen LogP contribution in [-0.4, -0.2) is 18.2 Å². The maximum Gasteiger partial charge on any atom is 0.265 e. The number of aryl methyl sites for hydroxylation is 1. The summed E-state index contributed by atoms with van der Waals surface area (Å²) in [5.41, 5.74) is 1.83. The predicted molar refractivity (Wildman–Crippen MR) is 95.8 cm³/mol. The number of nitrogens with zero attached hydrogens (tertiary/aromatic N) is 4. The van der Waals surface area contributed by atoms with Gasteiger partial charge in [-0.1, -0.05) is 18.2 Å². The van der Waals surface area contributed by atoms with E-state index in [0.717, 1.165) is 5.69 Å². The third-order valence-electron chi connectivity index (χ3n) is 3.40. The number of rotatable bonds is 6. The molecule has 128 valence electrons. The van der Waals surface area contributed by atoms with Crippen molar-refractivity contribution in [1.29, 1.82) is 0 Å². The monoisotopic (exact) mass is 355 g/mol. The van der Waals surface area contributed by atoms with Crippen molar-refractivity contribution in [2.75, 3.05) is 4.72 Å². The van der Waals surface area contributed by atoms with Crippen LogP contribution < -0.4 is 4.72 Å². The Hall–Kier alpha value is -3.00. The number of azo groups is 1. The third kappa shape index (κ3) is 4.30. The van der Waals surface area contributed by atoms with Gasteiger partial charge in [0.05, 0.1) is 17.6 Å². The topological polar surface area (TPSA) is 88.7 Å². The molecule has 0 atom stereocenters. The molecule has 7 nitrogen and oxygen atoms in total. The van der Waals surface area contributed by atoms with Crippen LogP contribution in [0.2, 0.25) is 0 Å². The van der Waals surface area contributed by atoms with Gasteiger partial charge in [0.25, 0.3) is 10.0 Å². The Balaban J connectivity index is 1.71. The van der Waals surface area contributed by atoms with E-state index in [9.17, 15) is 8.42 Å². The molecule has 3 aromatic rings. The van der Waals surface area contributed by atoms with E-state index in [1.807, 2.05) is 37.3 Å². The van der Waals surface area contributed by atoms with Crippen LogP contribution in [-0.2, 0) is 16.6 Å². The van der Waals surface area contributed by atoms with Gasteiger partial charge < -0.3 is 0 Å². The number of nitrogens with one attached hydrogen (secondary N) is 1. The number of benzene rings is 2. The second kappa shape index (κ2) is 7.27. The Kier molecular flexibility index (Phi) is 4.90. The highest BCUT2D eigenvalue weighted by atomic mass is 32.2. The number of anilines is 1. The van der Waals surface area contributed by atoms with Crippen LogP contribution in [0, 0.1) is 0 Å². The van der Waals surface area contributed by atoms with Crippen molar-refractivity contribution in [1.82, 2.24) is 9.78 Å². The molecule has 1 aromatic heterocycles. The van der Waals surface area contributed by atoms with Crippen molar-refractivity contribution >= 4 is 27.1 Å². The van der Waals surface area contributed by atoms with E-state index < -0.39 is 10.0 Å². The number of hydrogen-bond acceptors (Lipinski definition) is 5. The largest absolute Gasteiger partial charge is 0.280 e. The van der Waals surface area contributed by atoms with Crippen LogP contribution in [0.1, 0.15) is 6.92 Å². The van der Waals surface area contributed by atoms with E-state index in [2.05, 4.69) is 20.0 Å². The Labute approximate surface area is 146 Å². The molecule has 0 saturated heterocycles. The van der Waals surface area contributed by atoms with Crippen LogP contribution in [0.5, 0.6) is 0 Å². The normalized spacial score (nSPS) is 11.7. The van der Waals surface area contributed by atoms with E-state index in [0.29, 0.717) is 17.9 Å². The van der Waals surface area contributed by atoms with Gasteiger partial charge in [-0.2, -0.15) is 15.3 Å². The van der Waals surface area contributed by atoms with E-state index in [-0.39, 0.29) is 4.90 Å². The molecule has 0 amide bonds. The van der Waals surface area contributed by atoms with Gasteiger partial charge in [0.1, 0.15) is 4.90 Å². The number of aromatic nitrogens is 2. The molecular weight excluding hydrogens is 338 g/mol. The van der Waals surface area contributed by atoms with E-state index >= 15 is 0 Å². The molecule has 0 unspecified atom stereocenters. The molecule has 1 heterocycles. The molecular formula is C17H17N5O2S. The van der Waals surface area contributed by atoms with Crippen molar-refractivity contribution in [3.05, 3.63) is 67.0 Å². The Morgan fingerprint density at radius 3 is 2.24 bits per heavy atom. The summed E-state index contributed by atoms with van der Waals surface area (Å²) in [5, 5.41) is 12.2. The highest BCUT2D eigenvalue weighted by molar-refractivity contribution is 7.92. The average Bonchev–Trinajstić information content (AvgIpc) is 3.12. The van der Waals surface area contributed by atoms with E-state index in [1.165, 1.54) is 12.4 Å². The second-order valence-corrected chi connectivity index (χ2v) is 6.90. The lowest BCUT2D eigenvalue weighted by Crippen LogP contribution is -2.12. The first-order valence-electron chi connectivity index (χ1n) is 7.69. The zero-order valence-electron chi connectivity index (χ0n) is 13.6. The highest BCUT2D eigenvalue weighted by Crippen LogP contribution is 2.21. The number of sulfonamides is 1. The second-order valence-electron chi connectivity index (χ2n) is 5.22. The fourth-order valence-corrected chi connectivity index (χ4v) is 3.09. The van der Waals surface area contributed by atoms with Gasteiger partial charge in [-0.05, 0) is 43.3 Å². The van der Waals surface area contributed by atoms with Crippen LogP contribution in [0.4, 0.5) is 17.1 Å². The van der Waals surface area contributed by atoms with Crippen molar-refractivity contribution < 1.29 is 8.42 Å². The van der Waals surface area contributed by atoms with Crippen LogP contribution in [0.3, 0.4) is 0 Å². The first kappa shape index (κ1) is 16.8. The maximum absolute atomic E-state index is 12.3. The lowest BCUT2D eigenvalue weighted by atomic mass is 10.3. The highest BCUT2D eigenvalue weighted by Gasteiger charge is 2.16. The summed E-state index contributed by atoms with van der Waals surface area (Å²) in [6, 6.07) is 16.0. The maximum atomic E-state index is 12.3. The van der Waals surface area contributed by atoms with Crippen molar-refractivity contribution in [2.24, 2.45) is 10.2 Å². The quantitative estimate of drug-likeness (QED) is 0.675. The van der Waals surface area contributed by atoms with Crippen molar-refractivity contribution in [2.45, 2.75) is 18.4 Å². The first-order valence-corrected chi connectivity index (χ1v) is 9.17. The lowest BCUT2D eigenvalue weighted by Gasteiger charge is -2.06. The van der Waals surface area contributed by atoms with Crippen LogP contribution in [0.25, 0.3) is 0 Å². The number of hydrogen-bond donors (Lipinski definition) is 1. The average molecular weight is 355 g/mol. The van der Waals surface area contributed by atoms with Gasteiger partial charge in [0, 0.05) is 18.4 Å². The van der Waals surface area contributed by atoms with Crippen LogP contribution >= 0.6 is 0 Å². The molecule has 0 fully saturated rings. The van der Waals surface area contributed by atoms with Gasteiger partial charge in [-0.15, -0.1) is 0 Å². The molecule has 0 aliphatic carbocycles. The summed E-state index contributed by atoms with van der Waals surface area (Å²) in [6.07, 6.45) is 2.82. The SMILES string of the molecule is CCn1cc(S(=O)(=O)Nc2ccc(N=Nc3ccccc3)cc2)cn1. The first-order chi connectivity index (χ1) is 12.1. The minimum atomic E-state index is -3.66. The van der Waals surface area contributed by atoms with Gasteiger partial charge in [-0.3, -0.25) is 9.40 Å². The molecule has 3 rings (SSSR count). The molecule has 0 radical (unpaired) electrons. The van der Waals surface area contributed by atoms with Crippen molar-refractivity contribution in [3.63, 3.8) is 0 Å².